The Labute approximate surface area is 220 Å². The Morgan fingerprint density at radius 2 is 1.62 bits per heavy atom. The van der Waals surface area contributed by atoms with Crippen LogP contribution in [0.4, 0.5) is 26.3 Å². The zero-order chi connectivity index (χ0) is 30.9. The van der Waals surface area contributed by atoms with Crippen LogP contribution in [0.15, 0.2) is 18.2 Å². The molecule has 1 aromatic carbocycles. The van der Waals surface area contributed by atoms with E-state index >= 15 is 0 Å². The molecule has 0 radical (unpaired) electrons. The van der Waals surface area contributed by atoms with E-state index in [2.05, 4.69) is 8.92 Å². The summed E-state index contributed by atoms with van der Waals surface area (Å²) in [4.78, 5) is 21.6. The van der Waals surface area contributed by atoms with E-state index in [1.54, 1.807) is 0 Å². The first kappa shape index (κ1) is 36.5. The summed E-state index contributed by atoms with van der Waals surface area (Å²) >= 11 is 0. The molecule has 0 bridgehead atoms. The van der Waals surface area contributed by atoms with E-state index in [0.29, 0.717) is 6.07 Å². The summed E-state index contributed by atoms with van der Waals surface area (Å²) in [6, 6.07) is 2.14. The molecule has 0 saturated carbocycles. The number of hydrogen-bond donors (Lipinski definition) is 0. The minimum absolute atomic E-state index is 0.0645. The van der Waals surface area contributed by atoms with Gasteiger partial charge in [-0.1, -0.05) is 13.8 Å². The number of benzene rings is 1. The lowest BCUT2D eigenvalue weighted by molar-refractivity contribution is -0.247. The Kier molecular flexibility index (Phi) is 13.3. The molecule has 0 aromatic heterocycles. The van der Waals surface area contributed by atoms with Crippen molar-refractivity contribution in [2.45, 2.75) is 43.6 Å². The van der Waals surface area contributed by atoms with Crippen molar-refractivity contribution < 1.29 is 75.7 Å². The molecule has 0 saturated heterocycles. The van der Waals surface area contributed by atoms with Gasteiger partial charge in [-0.2, -0.15) is 34.8 Å². The maximum atomic E-state index is 13.8. The number of halogens is 6. The van der Waals surface area contributed by atoms with Crippen molar-refractivity contribution >= 4 is 32.5 Å². The van der Waals surface area contributed by atoms with Gasteiger partial charge in [0.05, 0.1) is 12.2 Å². The lowest BCUT2D eigenvalue weighted by Crippen LogP contribution is -2.61. The summed E-state index contributed by atoms with van der Waals surface area (Å²) in [6.45, 7) is 4.48. The molecule has 0 aliphatic rings. The summed E-state index contributed by atoms with van der Waals surface area (Å²) in [7, 11) is -13.1. The van der Waals surface area contributed by atoms with Crippen molar-refractivity contribution in [3.63, 3.8) is 0 Å². The van der Waals surface area contributed by atoms with Gasteiger partial charge in [0.25, 0.3) is 0 Å². The number of aryl methyl sites for hydroxylation is 1. The molecule has 0 fully saturated rings. The van der Waals surface area contributed by atoms with Gasteiger partial charge in [0.2, 0.25) is 0 Å². The first-order chi connectivity index (χ1) is 17.6. The van der Waals surface area contributed by atoms with Gasteiger partial charge in [-0.15, -0.1) is 0 Å². The minimum Gasteiger partial charge on any atom is -0.743 e. The molecule has 0 amide bonds. The fourth-order valence-electron chi connectivity index (χ4n) is 2.04. The van der Waals surface area contributed by atoms with Crippen molar-refractivity contribution in [3.8, 4) is 5.75 Å². The second-order valence-electron chi connectivity index (χ2n) is 7.55. The smallest absolute Gasteiger partial charge is 0.450 e. The average Bonchev–Trinajstić information content (AvgIpc) is 2.83. The van der Waals surface area contributed by atoms with Gasteiger partial charge in [0.15, 0.2) is 10.1 Å². The first-order valence-corrected chi connectivity index (χ1v) is 13.3. The number of aldehydes is 1. The number of carbonyl (C=O) groups excluding carboxylic acids is 2. The van der Waals surface area contributed by atoms with Gasteiger partial charge in [0.1, 0.15) is 25.4 Å². The van der Waals surface area contributed by atoms with E-state index in [1.807, 2.05) is 13.8 Å². The molecule has 39 heavy (non-hydrogen) atoms. The van der Waals surface area contributed by atoms with E-state index in [9.17, 15) is 57.3 Å². The summed E-state index contributed by atoms with van der Waals surface area (Å²) in [6.07, 6.45) is 1.93. The Morgan fingerprint density at radius 3 is 2.03 bits per heavy atom. The van der Waals surface area contributed by atoms with Crippen LogP contribution in [0.1, 0.15) is 36.2 Å². The lowest BCUT2D eigenvalue weighted by Gasteiger charge is -2.32. The summed E-state index contributed by atoms with van der Waals surface area (Å²) in [5, 5.41) is -13.9. The fraction of sp³-hybridized carbons (Fsp3) is 0.600. The number of methoxy groups -OCH3 is 1. The summed E-state index contributed by atoms with van der Waals surface area (Å²) in [5.41, 5.74) is -0.698. The van der Waals surface area contributed by atoms with Crippen molar-refractivity contribution in [2.75, 3.05) is 27.1 Å². The SMILES string of the molecule is CCC(C)C=O.COCOCCOC(=O)c1ccc(OS(=O)(=O)C(F)(F)C(F)(F)C(F)(F)S(=O)(=O)[O-])c(C)c1. The standard InChI is InChI=1S/C15H16F6O10S2.C5H10O/c1-9-7-10(12(22)30-6-5-29-8-28-2)3-4-11(9)31-33(26,27)15(20,21)13(16,17)14(18,19)32(23,24)25;1-3-5(2)4-6/h3-4,7H,5-6,8H2,1-2H3,(H,23,24,25);4-5H,3H2,1-2H3/p-1. The third-order valence-electron chi connectivity index (χ3n) is 4.51. The third-order valence-corrected chi connectivity index (χ3v) is 6.68. The molecule has 0 heterocycles. The molecule has 19 heteroatoms. The largest absolute Gasteiger partial charge is 0.743 e. The van der Waals surface area contributed by atoms with E-state index in [1.165, 1.54) is 7.11 Å². The first-order valence-electron chi connectivity index (χ1n) is 10.5. The second kappa shape index (κ2) is 14.2. The molecule has 0 aliphatic carbocycles. The van der Waals surface area contributed by atoms with Crippen LogP contribution in [0.3, 0.4) is 0 Å². The van der Waals surface area contributed by atoms with Crippen LogP contribution >= 0.6 is 0 Å². The van der Waals surface area contributed by atoms with Crippen LogP contribution in [0.5, 0.6) is 5.75 Å². The number of carbonyl (C=O) groups is 2. The number of ether oxygens (including phenoxy) is 3. The molecule has 0 N–H and O–H groups in total. The number of esters is 1. The zero-order valence-electron chi connectivity index (χ0n) is 20.8. The minimum atomic E-state index is -7.41. The maximum absolute atomic E-state index is 13.8. The topological polar surface area (TPSA) is 162 Å². The molecule has 1 rings (SSSR count). The normalized spacial score (nSPS) is 13.6. The lowest BCUT2D eigenvalue weighted by atomic mass is 10.1. The second-order valence-corrected chi connectivity index (χ2v) is 10.6. The Morgan fingerprint density at radius 1 is 1.05 bits per heavy atom. The zero-order valence-corrected chi connectivity index (χ0v) is 22.4. The third kappa shape index (κ3) is 9.02. The Bertz CT molecular complexity index is 1190. The molecule has 0 aliphatic heterocycles. The molecule has 1 atom stereocenters. The maximum Gasteiger partial charge on any atom is 0.450 e. The van der Waals surface area contributed by atoms with Gasteiger partial charge in [-0.05, 0) is 37.1 Å². The quantitative estimate of drug-likeness (QED) is 0.0572. The highest BCUT2D eigenvalue weighted by Gasteiger charge is 2.81. The highest BCUT2D eigenvalue weighted by Crippen LogP contribution is 2.51. The van der Waals surface area contributed by atoms with Gasteiger partial charge >= 0.3 is 32.5 Å². The van der Waals surface area contributed by atoms with Crippen molar-refractivity contribution in [1.29, 1.82) is 0 Å². The highest BCUT2D eigenvalue weighted by molar-refractivity contribution is 7.88. The van der Waals surface area contributed by atoms with E-state index in [0.717, 1.165) is 31.8 Å². The van der Waals surface area contributed by atoms with E-state index in [-0.39, 0.29) is 31.5 Å². The van der Waals surface area contributed by atoms with Crippen LogP contribution in [-0.2, 0) is 39.2 Å². The summed E-state index contributed by atoms with van der Waals surface area (Å²) in [5.74, 6) is -9.04. The van der Waals surface area contributed by atoms with Gasteiger partial charge in [-0.25, -0.2) is 13.2 Å². The van der Waals surface area contributed by atoms with Gasteiger partial charge < -0.3 is 27.7 Å². The van der Waals surface area contributed by atoms with E-state index in [4.69, 9.17) is 9.47 Å². The van der Waals surface area contributed by atoms with Crippen molar-refractivity contribution in [3.05, 3.63) is 29.3 Å². The van der Waals surface area contributed by atoms with Crippen LogP contribution in [0.2, 0.25) is 0 Å². The molecule has 1 aromatic rings. The van der Waals surface area contributed by atoms with Gasteiger partial charge in [-0.3, -0.25) is 0 Å². The molecular formula is C20H25F6O11S2-. The number of rotatable bonds is 14. The predicted molar refractivity (Wildman–Crippen MR) is 119 cm³/mol. The highest BCUT2D eigenvalue weighted by atomic mass is 32.2. The summed E-state index contributed by atoms with van der Waals surface area (Å²) < 4.78 is 153. The van der Waals surface area contributed by atoms with Crippen LogP contribution in [0, 0.1) is 12.8 Å². The van der Waals surface area contributed by atoms with E-state index < -0.39 is 54.0 Å². The van der Waals surface area contributed by atoms with Gasteiger partial charge in [0, 0.05) is 13.0 Å². The van der Waals surface area contributed by atoms with Crippen molar-refractivity contribution in [2.24, 2.45) is 5.92 Å². The Balaban J connectivity index is 0.00000215. The monoisotopic (exact) mass is 619 g/mol. The molecule has 226 valence electrons. The average molecular weight is 620 g/mol. The van der Waals surface area contributed by atoms with Crippen LogP contribution < -0.4 is 4.18 Å². The molecule has 1 unspecified atom stereocenters. The number of hydrogen-bond acceptors (Lipinski definition) is 11. The van der Waals surface area contributed by atoms with Crippen LogP contribution in [-0.4, -0.2) is 77.2 Å². The Hall–Kier alpha value is -2.48. The fourth-order valence-corrected chi connectivity index (χ4v) is 3.52. The van der Waals surface area contributed by atoms with Crippen LogP contribution in [0.25, 0.3) is 0 Å². The molecule has 11 nitrogen and oxygen atoms in total. The van der Waals surface area contributed by atoms with Crippen molar-refractivity contribution in [1.82, 2.24) is 0 Å². The molecule has 0 spiro atoms. The number of alkyl halides is 6. The molecular weight excluding hydrogens is 594 g/mol. The predicted octanol–water partition coefficient (Wildman–Crippen LogP) is 3.08.